The molecule has 1 amide bonds. The van der Waals surface area contributed by atoms with E-state index < -0.39 is 0 Å². The van der Waals surface area contributed by atoms with Crippen LogP contribution in [0.2, 0.25) is 0 Å². The second kappa shape index (κ2) is 6.75. The second-order valence-corrected chi connectivity index (χ2v) is 4.87. The van der Waals surface area contributed by atoms with E-state index in [4.69, 9.17) is 0 Å². The van der Waals surface area contributed by atoms with Gasteiger partial charge in [-0.15, -0.1) is 0 Å². The number of carbonyl (C=O) groups excluding carboxylic acids is 1. The summed E-state index contributed by atoms with van der Waals surface area (Å²) in [6.07, 6.45) is 4.86. The van der Waals surface area contributed by atoms with Crippen molar-refractivity contribution in [3.8, 4) is 0 Å². The first kappa shape index (κ1) is 13.4. The molecule has 1 aromatic rings. The highest BCUT2D eigenvalue weighted by molar-refractivity contribution is 7.80. The van der Waals surface area contributed by atoms with Gasteiger partial charge >= 0.3 is 0 Å². The molecule has 6 nitrogen and oxygen atoms in total. The van der Waals surface area contributed by atoms with Gasteiger partial charge in [-0.05, 0) is 19.3 Å². The van der Waals surface area contributed by atoms with Crippen LogP contribution in [0, 0.1) is 0 Å². The summed E-state index contributed by atoms with van der Waals surface area (Å²) < 4.78 is 0. The zero-order valence-corrected chi connectivity index (χ0v) is 11.2. The number of nitrogens with one attached hydrogen (secondary N) is 2. The molecule has 1 fully saturated rings. The highest BCUT2D eigenvalue weighted by atomic mass is 32.1. The Hall–Kier alpha value is -1.08. The molecule has 0 saturated carbocycles. The number of hydrogen-bond donors (Lipinski definition) is 3. The SMILES string of the molecule is O=C(CCCc1cn[nH]n1)NC1CCN(CS)C1. The van der Waals surface area contributed by atoms with Gasteiger partial charge in [0.15, 0.2) is 0 Å². The second-order valence-electron chi connectivity index (χ2n) is 4.59. The number of amides is 1. The molecule has 1 saturated heterocycles. The lowest BCUT2D eigenvalue weighted by atomic mass is 10.2. The zero-order valence-electron chi connectivity index (χ0n) is 10.3. The molecule has 0 aromatic carbocycles. The minimum atomic E-state index is 0.129. The van der Waals surface area contributed by atoms with Gasteiger partial charge in [0.2, 0.25) is 5.91 Å². The van der Waals surface area contributed by atoms with E-state index in [1.807, 2.05) is 0 Å². The Kier molecular flexibility index (Phi) is 5.00. The fourth-order valence-corrected chi connectivity index (χ4v) is 2.41. The Labute approximate surface area is 112 Å². The maximum absolute atomic E-state index is 11.7. The number of aromatic nitrogens is 3. The third kappa shape index (κ3) is 3.99. The van der Waals surface area contributed by atoms with E-state index >= 15 is 0 Å². The van der Waals surface area contributed by atoms with Gasteiger partial charge in [0.05, 0.1) is 11.9 Å². The van der Waals surface area contributed by atoms with Crippen LogP contribution in [0.3, 0.4) is 0 Å². The molecule has 18 heavy (non-hydrogen) atoms. The van der Waals surface area contributed by atoms with E-state index in [1.165, 1.54) is 0 Å². The van der Waals surface area contributed by atoms with Gasteiger partial charge in [0.25, 0.3) is 0 Å². The number of rotatable bonds is 6. The lowest BCUT2D eigenvalue weighted by Crippen LogP contribution is -2.36. The van der Waals surface area contributed by atoms with Crippen molar-refractivity contribution >= 4 is 18.5 Å². The molecule has 2 heterocycles. The van der Waals surface area contributed by atoms with Crippen LogP contribution in [0.5, 0.6) is 0 Å². The first-order chi connectivity index (χ1) is 8.78. The standard InChI is InChI=1S/C11H19N5OS/c17-11(3-1-2-9-6-12-15-14-9)13-10-4-5-16(7-10)8-18/h6,10,18H,1-5,7-8H2,(H,13,17)(H,12,14,15). The molecule has 1 aliphatic heterocycles. The topological polar surface area (TPSA) is 73.9 Å². The minimum absolute atomic E-state index is 0.129. The number of thiol groups is 1. The van der Waals surface area contributed by atoms with E-state index in [-0.39, 0.29) is 11.9 Å². The van der Waals surface area contributed by atoms with E-state index in [0.29, 0.717) is 6.42 Å². The predicted molar refractivity (Wildman–Crippen MR) is 71.3 cm³/mol. The van der Waals surface area contributed by atoms with Crippen LogP contribution >= 0.6 is 12.6 Å². The number of likely N-dealkylation sites (tertiary alicyclic amines) is 1. The Morgan fingerprint density at radius 3 is 3.22 bits per heavy atom. The Morgan fingerprint density at radius 2 is 2.56 bits per heavy atom. The molecule has 1 atom stereocenters. The molecule has 2 rings (SSSR count). The molecule has 2 N–H and O–H groups in total. The van der Waals surface area contributed by atoms with Gasteiger partial charge in [0, 0.05) is 31.4 Å². The molecule has 100 valence electrons. The summed E-state index contributed by atoms with van der Waals surface area (Å²) in [7, 11) is 0. The molecule has 0 radical (unpaired) electrons. The summed E-state index contributed by atoms with van der Waals surface area (Å²) in [6, 6.07) is 0.289. The Morgan fingerprint density at radius 1 is 1.67 bits per heavy atom. The fraction of sp³-hybridized carbons (Fsp3) is 0.727. The van der Waals surface area contributed by atoms with E-state index in [0.717, 1.165) is 43.9 Å². The number of H-pyrrole nitrogens is 1. The van der Waals surface area contributed by atoms with Crippen molar-refractivity contribution in [2.75, 3.05) is 19.0 Å². The maximum atomic E-state index is 11.7. The highest BCUT2D eigenvalue weighted by Crippen LogP contribution is 2.09. The summed E-state index contributed by atoms with van der Waals surface area (Å²) in [5, 5.41) is 13.3. The Balaban J connectivity index is 1.61. The van der Waals surface area contributed by atoms with Crippen molar-refractivity contribution in [2.45, 2.75) is 31.7 Å². The summed E-state index contributed by atoms with van der Waals surface area (Å²) >= 11 is 4.23. The smallest absolute Gasteiger partial charge is 0.220 e. The zero-order chi connectivity index (χ0) is 12.8. The van der Waals surface area contributed by atoms with E-state index in [9.17, 15) is 4.79 Å². The van der Waals surface area contributed by atoms with Gasteiger partial charge in [0.1, 0.15) is 0 Å². The van der Waals surface area contributed by atoms with Crippen molar-refractivity contribution in [1.29, 1.82) is 0 Å². The summed E-state index contributed by atoms with van der Waals surface area (Å²) in [6.45, 7) is 1.94. The molecule has 7 heteroatoms. The molecule has 0 spiro atoms. The van der Waals surface area contributed by atoms with Crippen molar-refractivity contribution in [2.24, 2.45) is 0 Å². The maximum Gasteiger partial charge on any atom is 0.220 e. The lowest BCUT2D eigenvalue weighted by Gasteiger charge is -2.14. The number of hydrogen-bond acceptors (Lipinski definition) is 5. The first-order valence-corrected chi connectivity index (χ1v) is 6.88. The quantitative estimate of drug-likeness (QED) is 0.645. The molecular weight excluding hydrogens is 250 g/mol. The molecule has 0 bridgehead atoms. The predicted octanol–water partition coefficient (Wildman–Crippen LogP) is 0.205. The molecule has 0 aliphatic carbocycles. The normalized spacial score (nSPS) is 20.2. The average molecular weight is 269 g/mol. The van der Waals surface area contributed by atoms with Gasteiger partial charge in [-0.3, -0.25) is 9.69 Å². The van der Waals surface area contributed by atoms with Crippen LogP contribution in [0.4, 0.5) is 0 Å². The van der Waals surface area contributed by atoms with Crippen molar-refractivity contribution < 1.29 is 4.79 Å². The first-order valence-electron chi connectivity index (χ1n) is 6.25. The van der Waals surface area contributed by atoms with Gasteiger partial charge in [-0.2, -0.15) is 28.0 Å². The minimum Gasteiger partial charge on any atom is -0.352 e. The fourth-order valence-electron chi connectivity index (χ4n) is 2.15. The van der Waals surface area contributed by atoms with Crippen LogP contribution in [0.1, 0.15) is 25.0 Å². The average Bonchev–Trinajstić information content (AvgIpc) is 3.00. The van der Waals surface area contributed by atoms with Crippen LogP contribution in [-0.4, -0.2) is 51.2 Å². The third-order valence-electron chi connectivity index (χ3n) is 3.14. The number of nitrogens with zero attached hydrogens (tertiary/aromatic N) is 3. The van der Waals surface area contributed by atoms with E-state index in [1.54, 1.807) is 6.20 Å². The molecule has 1 aromatic heterocycles. The lowest BCUT2D eigenvalue weighted by molar-refractivity contribution is -0.121. The monoisotopic (exact) mass is 269 g/mol. The molecular formula is C11H19N5OS. The molecule has 1 unspecified atom stereocenters. The van der Waals surface area contributed by atoms with Crippen molar-refractivity contribution in [3.63, 3.8) is 0 Å². The Bertz CT molecular complexity index is 370. The van der Waals surface area contributed by atoms with Gasteiger partial charge in [-0.1, -0.05) is 0 Å². The summed E-state index contributed by atoms with van der Waals surface area (Å²) in [5.74, 6) is 0.892. The van der Waals surface area contributed by atoms with Crippen LogP contribution in [0.25, 0.3) is 0 Å². The van der Waals surface area contributed by atoms with Crippen LogP contribution < -0.4 is 5.32 Å². The summed E-state index contributed by atoms with van der Waals surface area (Å²) in [4.78, 5) is 14.0. The summed E-state index contributed by atoms with van der Waals surface area (Å²) in [5.41, 5.74) is 0.907. The van der Waals surface area contributed by atoms with E-state index in [2.05, 4.69) is 38.3 Å². The number of carbonyl (C=O) groups is 1. The van der Waals surface area contributed by atoms with Crippen molar-refractivity contribution in [1.82, 2.24) is 25.6 Å². The largest absolute Gasteiger partial charge is 0.352 e. The number of aryl methyl sites for hydroxylation is 1. The highest BCUT2D eigenvalue weighted by Gasteiger charge is 2.22. The van der Waals surface area contributed by atoms with Crippen molar-refractivity contribution in [3.05, 3.63) is 11.9 Å². The van der Waals surface area contributed by atoms with Crippen LogP contribution in [-0.2, 0) is 11.2 Å². The van der Waals surface area contributed by atoms with Gasteiger partial charge in [-0.25, -0.2) is 0 Å². The molecule has 1 aliphatic rings. The van der Waals surface area contributed by atoms with Crippen LogP contribution in [0.15, 0.2) is 6.20 Å². The third-order valence-corrected chi connectivity index (χ3v) is 3.54. The van der Waals surface area contributed by atoms with Gasteiger partial charge < -0.3 is 5.32 Å². The number of aromatic amines is 1.